The maximum atomic E-state index is 12.9. The lowest BCUT2D eigenvalue weighted by Gasteiger charge is -2.28. The van der Waals surface area contributed by atoms with Gasteiger partial charge in [0.1, 0.15) is 0 Å². The number of hydrogen-bond acceptors (Lipinski definition) is 3. The number of benzene rings is 2. The minimum absolute atomic E-state index is 0.219. The van der Waals surface area contributed by atoms with Crippen LogP contribution in [-0.2, 0) is 12.6 Å². The highest BCUT2D eigenvalue weighted by Crippen LogP contribution is 2.37. The number of aromatic hydroxyl groups is 2. The lowest BCUT2D eigenvalue weighted by atomic mass is 9.89. The van der Waals surface area contributed by atoms with Crippen LogP contribution in [0.2, 0.25) is 0 Å². The summed E-state index contributed by atoms with van der Waals surface area (Å²) in [5, 5.41) is 22.4. The van der Waals surface area contributed by atoms with Crippen molar-refractivity contribution in [3.63, 3.8) is 0 Å². The van der Waals surface area contributed by atoms with Crippen molar-refractivity contribution in [3.05, 3.63) is 58.7 Å². The molecule has 2 aromatic carbocycles. The molecule has 6 heteroatoms. The fraction of sp³-hybridized carbons (Fsp3) is 0.250. The maximum absolute atomic E-state index is 12.9. The molecule has 0 fully saturated rings. The van der Waals surface area contributed by atoms with Gasteiger partial charge in [0.15, 0.2) is 11.5 Å². The van der Waals surface area contributed by atoms with Crippen molar-refractivity contribution in [1.82, 2.24) is 5.32 Å². The molecular weight excluding hydrogens is 295 g/mol. The van der Waals surface area contributed by atoms with E-state index in [0.717, 1.165) is 17.7 Å². The smallest absolute Gasteiger partial charge is 0.416 e. The van der Waals surface area contributed by atoms with E-state index in [4.69, 9.17) is 0 Å². The molecule has 3 rings (SSSR count). The van der Waals surface area contributed by atoms with Gasteiger partial charge in [-0.1, -0.05) is 12.1 Å². The third-order valence-corrected chi connectivity index (χ3v) is 3.84. The number of halogens is 3. The van der Waals surface area contributed by atoms with E-state index in [1.165, 1.54) is 18.2 Å². The van der Waals surface area contributed by atoms with Crippen molar-refractivity contribution in [2.45, 2.75) is 18.6 Å². The number of phenolic OH excluding ortho intramolecular Hbond substituents is 2. The zero-order valence-electron chi connectivity index (χ0n) is 11.5. The fourth-order valence-electron chi connectivity index (χ4n) is 2.77. The summed E-state index contributed by atoms with van der Waals surface area (Å²) in [6.07, 6.45) is -3.76. The first-order chi connectivity index (χ1) is 10.4. The highest BCUT2D eigenvalue weighted by Gasteiger charge is 2.32. The molecular formula is C16H14F3NO2. The van der Waals surface area contributed by atoms with Gasteiger partial charge in [0, 0.05) is 6.54 Å². The van der Waals surface area contributed by atoms with Crippen LogP contribution in [0.3, 0.4) is 0 Å². The molecule has 0 radical (unpaired) electrons. The molecule has 22 heavy (non-hydrogen) atoms. The Kier molecular flexibility index (Phi) is 3.48. The largest absolute Gasteiger partial charge is 0.504 e. The Morgan fingerprint density at radius 2 is 1.77 bits per heavy atom. The van der Waals surface area contributed by atoms with Crippen molar-refractivity contribution in [2.75, 3.05) is 6.54 Å². The fourth-order valence-corrected chi connectivity index (χ4v) is 2.77. The second-order valence-corrected chi connectivity index (χ2v) is 5.30. The maximum Gasteiger partial charge on any atom is 0.416 e. The molecule has 3 N–H and O–H groups in total. The highest BCUT2D eigenvalue weighted by atomic mass is 19.4. The van der Waals surface area contributed by atoms with Gasteiger partial charge in [0.05, 0.1) is 11.6 Å². The van der Waals surface area contributed by atoms with Crippen molar-refractivity contribution in [3.8, 4) is 11.5 Å². The Morgan fingerprint density at radius 3 is 2.50 bits per heavy atom. The summed E-state index contributed by atoms with van der Waals surface area (Å²) in [5.41, 5.74) is 1.26. The van der Waals surface area contributed by atoms with Gasteiger partial charge >= 0.3 is 6.18 Å². The molecule has 1 heterocycles. The molecule has 0 spiro atoms. The number of rotatable bonds is 1. The lowest BCUT2D eigenvalue weighted by Crippen LogP contribution is -2.30. The van der Waals surface area contributed by atoms with Crippen LogP contribution in [0.4, 0.5) is 13.2 Å². The second kappa shape index (κ2) is 5.21. The molecule has 116 valence electrons. The van der Waals surface area contributed by atoms with Gasteiger partial charge in [-0.3, -0.25) is 0 Å². The molecule has 0 saturated heterocycles. The monoisotopic (exact) mass is 309 g/mol. The molecule has 0 amide bonds. The van der Waals surface area contributed by atoms with Gasteiger partial charge in [0.25, 0.3) is 0 Å². The third-order valence-electron chi connectivity index (χ3n) is 3.84. The summed E-state index contributed by atoms with van der Waals surface area (Å²) >= 11 is 0. The number of hydrogen-bond donors (Lipinski definition) is 3. The summed E-state index contributed by atoms with van der Waals surface area (Å²) in [6, 6.07) is 7.55. The van der Waals surface area contributed by atoms with Crippen molar-refractivity contribution in [1.29, 1.82) is 0 Å². The summed E-state index contributed by atoms with van der Waals surface area (Å²) in [5.74, 6) is -0.497. The van der Waals surface area contributed by atoms with Crippen LogP contribution in [-0.4, -0.2) is 16.8 Å². The quantitative estimate of drug-likeness (QED) is 0.708. The van der Waals surface area contributed by atoms with Gasteiger partial charge in [-0.15, -0.1) is 0 Å². The second-order valence-electron chi connectivity index (χ2n) is 5.30. The van der Waals surface area contributed by atoms with Crippen LogP contribution < -0.4 is 5.32 Å². The Balaban J connectivity index is 2.06. The van der Waals surface area contributed by atoms with Gasteiger partial charge in [0.2, 0.25) is 0 Å². The van der Waals surface area contributed by atoms with E-state index in [2.05, 4.69) is 5.32 Å². The van der Waals surface area contributed by atoms with Crippen LogP contribution in [0.5, 0.6) is 11.5 Å². The van der Waals surface area contributed by atoms with Crippen LogP contribution in [0.15, 0.2) is 36.4 Å². The van der Waals surface area contributed by atoms with Crippen LogP contribution in [0, 0.1) is 0 Å². The molecule has 0 aromatic heterocycles. The molecule has 0 bridgehead atoms. The normalized spacial score (nSPS) is 18.0. The lowest BCUT2D eigenvalue weighted by molar-refractivity contribution is -0.137. The predicted molar refractivity (Wildman–Crippen MR) is 74.8 cm³/mol. The molecule has 0 saturated carbocycles. The Bertz CT molecular complexity index is 713. The SMILES string of the molecule is Oc1cc2c(cc1O)C(c1cccc(C(F)(F)F)c1)NCC2. The number of alkyl halides is 3. The van der Waals surface area contributed by atoms with E-state index in [1.807, 2.05) is 0 Å². The summed E-state index contributed by atoms with van der Waals surface area (Å²) in [6.45, 7) is 0.581. The average Bonchev–Trinajstić information content (AvgIpc) is 2.47. The standard InChI is InChI=1S/C16H14F3NO2/c17-16(18,19)11-3-1-2-10(6-11)15-12-8-14(22)13(21)7-9(12)4-5-20-15/h1-3,6-8,15,20-22H,4-5H2. The van der Waals surface area contributed by atoms with Gasteiger partial charge < -0.3 is 15.5 Å². The van der Waals surface area contributed by atoms with Crippen molar-refractivity contribution < 1.29 is 23.4 Å². The molecule has 1 unspecified atom stereocenters. The minimum Gasteiger partial charge on any atom is -0.504 e. The molecule has 0 aliphatic carbocycles. The number of phenols is 2. The zero-order chi connectivity index (χ0) is 15.9. The first kappa shape index (κ1) is 14.7. The van der Waals surface area contributed by atoms with E-state index in [1.54, 1.807) is 6.07 Å². The Hall–Kier alpha value is -2.21. The first-order valence-corrected chi connectivity index (χ1v) is 6.81. The highest BCUT2D eigenvalue weighted by molar-refractivity contribution is 5.50. The Labute approximate surface area is 125 Å². The van der Waals surface area contributed by atoms with Gasteiger partial charge in [-0.25, -0.2) is 0 Å². The number of nitrogens with one attached hydrogen (secondary N) is 1. The van der Waals surface area contributed by atoms with E-state index in [9.17, 15) is 23.4 Å². The van der Waals surface area contributed by atoms with Gasteiger partial charge in [-0.05, 0) is 47.4 Å². The molecule has 1 aliphatic rings. The molecule has 1 aliphatic heterocycles. The zero-order valence-corrected chi connectivity index (χ0v) is 11.5. The van der Waals surface area contributed by atoms with Crippen molar-refractivity contribution >= 4 is 0 Å². The van der Waals surface area contributed by atoms with Gasteiger partial charge in [-0.2, -0.15) is 13.2 Å². The Morgan fingerprint density at radius 1 is 1.05 bits per heavy atom. The predicted octanol–water partition coefficient (Wildman–Crippen LogP) is 3.35. The van der Waals surface area contributed by atoms with Crippen LogP contribution in [0.1, 0.15) is 28.3 Å². The molecule has 2 aromatic rings. The topological polar surface area (TPSA) is 52.5 Å². The van der Waals surface area contributed by atoms with E-state index < -0.39 is 17.8 Å². The van der Waals surface area contributed by atoms with E-state index in [-0.39, 0.29) is 11.5 Å². The average molecular weight is 309 g/mol. The third kappa shape index (κ3) is 2.62. The van der Waals surface area contributed by atoms with Crippen LogP contribution >= 0.6 is 0 Å². The summed E-state index contributed by atoms with van der Waals surface area (Å²) in [4.78, 5) is 0. The minimum atomic E-state index is -4.40. The summed E-state index contributed by atoms with van der Waals surface area (Å²) in [7, 11) is 0. The van der Waals surface area contributed by atoms with Crippen molar-refractivity contribution in [2.24, 2.45) is 0 Å². The van der Waals surface area contributed by atoms with E-state index >= 15 is 0 Å². The molecule has 1 atom stereocenters. The van der Waals surface area contributed by atoms with Crippen LogP contribution in [0.25, 0.3) is 0 Å². The summed E-state index contributed by atoms with van der Waals surface area (Å²) < 4.78 is 38.6. The first-order valence-electron chi connectivity index (χ1n) is 6.81. The molecule has 3 nitrogen and oxygen atoms in total. The van der Waals surface area contributed by atoms with E-state index in [0.29, 0.717) is 24.1 Å². The number of fused-ring (bicyclic) bond motifs is 1.